The lowest BCUT2D eigenvalue weighted by atomic mass is 10.2. The third-order valence-electron chi connectivity index (χ3n) is 3.05. The van der Waals surface area contributed by atoms with E-state index in [1.54, 1.807) is 0 Å². The molecule has 0 amide bonds. The first kappa shape index (κ1) is 13.2. The Balaban J connectivity index is 1.82. The molecule has 0 aliphatic rings. The van der Waals surface area contributed by atoms with E-state index in [-0.39, 0.29) is 0 Å². The molecule has 0 aliphatic heterocycles. The Hall–Kier alpha value is -1.77. The number of nitrogens with zero attached hydrogens (tertiary/aromatic N) is 2. The van der Waals surface area contributed by atoms with E-state index >= 15 is 0 Å². The summed E-state index contributed by atoms with van der Waals surface area (Å²) in [5.41, 5.74) is 3.17. The van der Waals surface area contributed by atoms with Crippen LogP contribution >= 0.6 is 23.2 Å². The highest BCUT2D eigenvalue weighted by Gasteiger charge is 2.04. The highest BCUT2D eigenvalue weighted by Crippen LogP contribution is 2.23. The molecule has 0 saturated heterocycles. The van der Waals surface area contributed by atoms with Gasteiger partial charge in [0.2, 0.25) is 0 Å². The molecule has 0 aliphatic carbocycles. The van der Waals surface area contributed by atoms with Gasteiger partial charge >= 0.3 is 0 Å². The zero-order chi connectivity index (χ0) is 13.9. The van der Waals surface area contributed by atoms with Crippen molar-refractivity contribution in [3.8, 4) is 11.3 Å². The molecule has 20 heavy (non-hydrogen) atoms. The number of rotatable bonds is 3. The quantitative estimate of drug-likeness (QED) is 0.672. The van der Waals surface area contributed by atoms with Crippen molar-refractivity contribution in [2.45, 2.75) is 6.54 Å². The van der Waals surface area contributed by atoms with Crippen molar-refractivity contribution in [1.82, 2.24) is 9.55 Å². The van der Waals surface area contributed by atoms with E-state index in [0.29, 0.717) is 10.0 Å². The van der Waals surface area contributed by atoms with E-state index in [1.165, 1.54) is 0 Å². The van der Waals surface area contributed by atoms with Crippen molar-refractivity contribution >= 4 is 23.2 Å². The van der Waals surface area contributed by atoms with Crippen LogP contribution in [0.5, 0.6) is 0 Å². The first-order valence-electron chi connectivity index (χ1n) is 6.23. The zero-order valence-electron chi connectivity index (χ0n) is 10.6. The number of aromatic nitrogens is 2. The lowest BCUT2D eigenvalue weighted by Gasteiger charge is -2.04. The van der Waals surface area contributed by atoms with Gasteiger partial charge in [-0.3, -0.25) is 0 Å². The summed E-state index contributed by atoms with van der Waals surface area (Å²) in [6, 6.07) is 15.8. The van der Waals surface area contributed by atoms with Crippen LogP contribution in [-0.4, -0.2) is 9.55 Å². The maximum absolute atomic E-state index is 6.02. The van der Waals surface area contributed by atoms with Crippen LogP contribution in [0.4, 0.5) is 0 Å². The number of imidazole rings is 1. The SMILES string of the molecule is Clc1ccc(Cn2cnc(-c3ccccc3)c2)cc1Cl. The van der Waals surface area contributed by atoms with Crippen molar-refractivity contribution in [1.29, 1.82) is 0 Å². The molecule has 0 bridgehead atoms. The fourth-order valence-electron chi connectivity index (χ4n) is 2.05. The Kier molecular flexibility index (Phi) is 3.77. The van der Waals surface area contributed by atoms with Crippen LogP contribution < -0.4 is 0 Å². The summed E-state index contributed by atoms with van der Waals surface area (Å²) in [5, 5.41) is 1.15. The van der Waals surface area contributed by atoms with Gasteiger partial charge in [0.15, 0.2) is 0 Å². The highest BCUT2D eigenvalue weighted by molar-refractivity contribution is 6.42. The Morgan fingerprint density at radius 2 is 1.75 bits per heavy atom. The van der Waals surface area contributed by atoms with E-state index in [9.17, 15) is 0 Å². The maximum Gasteiger partial charge on any atom is 0.0956 e. The second-order valence-electron chi connectivity index (χ2n) is 4.55. The molecule has 100 valence electrons. The molecular formula is C16H12Cl2N2. The zero-order valence-corrected chi connectivity index (χ0v) is 12.1. The molecule has 0 radical (unpaired) electrons. The minimum absolute atomic E-state index is 0.575. The standard InChI is InChI=1S/C16H12Cl2N2/c17-14-7-6-12(8-15(14)18)9-20-10-16(19-11-20)13-4-2-1-3-5-13/h1-8,10-11H,9H2. The second kappa shape index (κ2) is 5.70. The van der Waals surface area contributed by atoms with E-state index in [2.05, 4.69) is 4.98 Å². The fourth-order valence-corrected chi connectivity index (χ4v) is 2.37. The third kappa shape index (κ3) is 2.87. The summed E-state index contributed by atoms with van der Waals surface area (Å²) in [7, 11) is 0. The lowest BCUT2D eigenvalue weighted by molar-refractivity contribution is 0.797. The van der Waals surface area contributed by atoms with Gasteiger partial charge in [0.05, 0.1) is 22.1 Å². The summed E-state index contributed by atoms with van der Waals surface area (Å²) in [5.74, 6) is 0. The van der Waals surface area contributed by atoms with Gasteiger partial charge in [-0.15, -0.1) is 0 Å². The Morgan fingerprint density at radius 3 is 2.50 bits per heavy atom. The highest BCUT2D eigenvalue weighted by atomic mass is 35.5. The molecule has 2 nitrogen and oxygen atoms in total. The molecule has 1 aromatic heterocycles. The minimum Gasteiger partial charge on any atom is -0.332 e. The van der Waals surface area contributed by atoms with E-state index in [4.69, 9.17) is 23.2 Å². The number of halogens is 2. The molecule has 3 rings (SSSR count). The van der Waals surface area contributed by atoms with E-state index in [0.717, 1.165) is 23.4 Å². The van der Waals surface area contributed by atoms with Crippen molar-refractivity contribution in [3.63, 3.8) is 0 Å². The van der Waals surface area contributed by atoms with Crippen molar-refractivity contribution in [3.05, 3.63) is 76.7 Å². The van der Waals surface area contributed by atoms with Gasteiger partial charge in [-0.2, -0.15) is 0 Å². The molecule has 0 unspecified atom stereocenters. The van der Waals surface area contributed by atoms with Gasteiger partial charge in [0.25, 0.3) is 0 Å². The largest absolute Gasteiger partial charge is 0.332 e. The molecule has 0 saturated carbocycles. The van der Waals surface area contributed by atoms with Crippen LogP contribution in [0.25, 0.3) is 11.3 Å². The molecule has 4 heteroatoms. The van der Waals surface area contributed by atoms with E-state index < -0.39 is 0 Å². The van der Waals surface area contributed by atoms with Crippen molar-refractivity contribution < 1.29 is 0 Å². The summed E-state index contributed by atoms with van der Waals surface area (Å²) in [6.07, 6.45) is 3.85. The summed E-state index contributed by atoms with van der Waals surface area (Å²) >= 11 is 11.9. The molecule has 2 aromatic carbocycles. The Bertz CT molecular complexity index is 720. The average molecular weight is 303 g/mol. The monoisotopic (exact) mass is 302 g/mol. The van der Waals surface area contributed by atoms with Gasteiger partial charge in [-0.05, 0) is 17.7 Å². The molecule has 3 aromatic rings. The van der Waals surface area contributed by atoms with Crippen molar-refractivity contribution in [2.24, 2.45) is 0 Å². The van der Waals surface area contributed by atoms with Crippen LogP contribution in [-0.2, 0) is 6.54 Å². The number of hydrogen-bond acceptors (Lipinski definition) is 1. The van der Waals surface area contributed by atoms with Crippen LogP contribution in [0.1, 0.15) is 5.56 Å². The average Bonchev–Trinajstić information content (AvgIpc) is 2.92. The van der Waals surface area contributed by atoms with Crippen LogP contribution in [0.3, 0.4) is 0 Å². The molecular weight excluding hydrogens is 291 g/mol. The van der Waals surface area contributed by atoms with E-state index in [1.807, 2.05) is 65.6 Å². The van der Waals surface area contributed by atoms with Gasteiger partial charge in [-0.25, -0.2) is 4.98 Å². The van der Waals surface area contributed by atoms with Crippen LogP contribution in [0.15, 0.2) is 61.1 Å². The summed E-state index contributed by atoms with van der Waals surface area (Å²) in [6.45, 7) is 0.719. The number of hydrogen-bond donors (Lipinski definition) is 0. The minimum atomic E-state index is 0.575. The van der Waals surface area contributed by atoms with Gasteiger partial charge < -0.3 is 4.57 Å². The molecule has 0 fully saturated rings. The summed E-state index contributed by atoms with van der Waals surface area (Å²) in [4.78, 5) is 4.43. The predicted molar refractivity (Wildman–Crippen MR) is 83.2 cm³/mol. The second-order valence-corrected chi connectivity index (χ2v) is 5.36. The van der Waals surface area contributed by atoms with Crippen LogP contribution in [0, 0.1) is 0 Å². The maximum atomic E-state index is 6.02. The predicted octanol–water partition coefficient (Wildman–Crippen LogP) is 4.91. The lowest BCUT2D eigenvalue weighted by Crippen LogP contribution is -1.96. The Morgan fingerprint density at radius 1 is 0.950 bits per heavy atom. The molecule has 0 spiro atoms. The third-order valence-corrected chi connectivity index (χ3v) is 3.79. The van der Waals surface area contributed by atoms with Gasteiger partial charge in [-0.1, -0.05) is 59.6 Å². The summed E-state index contributed by atoms with van der Waals surface area (Å²) < 4.78 is 2.03. The normalized spacial score (nSPS) is 10.7. The van der Waals surface area contributed by atoms with Gasteiger partial charge in [0, 0.05) is 18.3 Å². The molecule has 0 atom stereocenters. The van der Waals surface area contributed by atoms with Crippen LogP contribution in [0.2, 0.25) is 10.0 Å². The fraction of sp³-hybridized carbons (Fsp3) is 0.0625. The van der Waals surface area contributed by atoms with Gasteiger partial charge in [0.1, 0.15) is 0 Å². The first-order chi connectivity index (χ1) is 9.72. The van der Waals surface area contributed by atoms with Crippen molar-refractivity contribution in [2.75, 3.05) is 0 Å². The molecule has 0 N–H and O–H groups in total. The Labute approximate surface area is 127 Å². The molecule has 1 heterocycles. The first-order valence-corrected chi connectivity index (χ1v) is 6.99. The topological polar surface area (TPSA) is 17.8 Å². The smallest absolute Gasteiger partial charge is 0.0956 e. The number of benzene rings is 2.